The lowest BCUT2D eigenvalue weighted by Crippen LogP contribution is -2.17. The summed E-state index contributed by atoms with van der Waals surface area (Å²) in [5.41, 5.74) is 0. The van der Waals surface area contributed by atoms with Crippen molar-refractivity contribution >= 4 is 5.97 Å². The van der Waals surface area contributed by atoms with Gasteiger partial charge in [-0.3, -0.25) is 4.79 Å². The van der Waals surface area contributed by atoms with Gasteiger partial charge in [-0.1, -0.05) is 6.92 Å². The zero-order chi connectivity index (χ0) is 8.10. The molecule has 0 aromatic heterocycles. The van der Waals surface area contributed by atoms with Gasteiger partial charge in [0.2, 0.25) is 0 Å². The third-order valence-corrected chi connectivity index (χ3v) is 1.64. The third-order valence-electron chi connectivity index (χ3n) is 1.64. The number of esters is 1. The maximum Gasteiger partial charge on any atom is 0.306 e. The van der Waals surface area contributed by atoms with Gasteiger partial charge in [0.15, 0.2) is 0 Å². The van der Waals surface area contributed by atoms with Gasteiger partial charge in [-0.15, -0.1) is 0 Å². The Morgan fingerprint density at radius 1 is 1.73 bits per heavy atom. The Morgan fingerprint density at radius 3 is 3.09 bits per heavy atom. The van der Waals surface area contributed by atoms with Crippen LogP contribution in [0.3, 0.4) is 0 Å². The van der Waals surface area contributed by atoms with Crippen LogP contribution in [-0.2, 0) is 14.3 Å². The van der Waals surface area contributed by atoms with Gasteiger partial charge < -0.3 is 9.47 Å². The highest BCUT2D eigenvalue weighted by atomic mass is 16.6. The smallest absolute Gasteiger partial charge is 0.306 e. The van der Waals surface area contributed by atoms with Crippen LogP contribution in [0.1, 0.15) is 26.2 Å². The molecule has 1 saturated heterocycles. The zero-order valence-corrected chi connectivity index (χ0v) is 6.84. The van der Waals surface area contributed by atoms with Crippen molar-refractivity contribution in [1.29, 1.82) is 0 Å². The van der Waals surface area contributed by atoms with Crippen LogP contribution in [0.15, 0.2) is 0 Å². The highest BCUT2D eigenvalue weighted by Crippen LogP contribution is 2.09. The van der Waals surface area contributed by atoms with E-state index in [2.05, 4.69) is 0 Å². The van der Waals surface area contributed by atoms with Crippen molar-refractivity contribution in [3.8, 4) is 0 Å². The highest BCUT2D eigenvalue weighted by molar-refractivity contribution is 5.69. The molecule has 1 heterocycles. The number of carbonyl (C=O) groups is 1. The van der Waals surface area contributed by atoms with Gasteiger partial charge in [0.25, 0.3) is 0 Å². The second-order valence-corrected chi connectivity index (χ2v) is 2.73. The van der Waals surface area contributed by atoms with E-state index in [1.54, 1.807) is 0 Å². The standard InChI is InChI=1S/C8H14O3/c1-2-3-8(9)11-7-4-5-10-6-7/h7H,2-6H2,1H3. The van der Waals surface area contributed by atoms with Gasteiger partial charge in [0.1, 0.15) is 6.10 Å². The molecule has 1 aliphatic heterocycles. The first-order valence-electron chi connectivity index (χ1n) is 4.10. The molecule has 1 aliphatic rings. The van der Waals surface area contributed by atoms with Crippen LogP contribution in [0.25, 0.3) is 0 Å². The van der Waals surface area contributed by atoms with Crippen molar-refractivity contribution in [2.24, 2.45) is 0 Å². The van der Waals surface area contributed by atoms with Gasteiger partial charge in [0, 0.05) is 12.8 Å². The fraction of sp³-hybridized carbons (Fsp3) is 0.875. The molecule has 1 unspecified atom stereocenters. The topological polar surface area (TPSA) is 35.5 Å². The molecular formula is C8H14O3. The maximum atomic E-state index is 10.9. The molecule has 64 valence electrons. The minimum absolute atomic E-state index is 0.0223. The average Bonchev–Trinajstić information content (AvgIpc) is 2.40. The Hall–Kier alpha value is -0.570. The average molecular weight is 158 g/mol. The van der Waals surface area contributed by atoms with Gasteiger partial charge in [-0.05, 0) is 6.42 Å². The van der Waals surface area contributed by atoms with Crippen LogP contribution in [0.5, 0.6) is 0 Å². The van der Waals surface area contributed by atoms with Crippen LogP contribution in [0, 0.1) is 0 Å². The number of carbonyl (C=O) groups excluding carboxylic acids is 1. The Bertz CT molecular complexity index is 127. The first kappa shape index (κ1) is 8.53. The lowest BCUT2D eigenvalue weighted by Gasteiger charge is -2.08. The minimum Gasteiger partial charge on any atom is -0.460 e. The van der Waals surface area contributed by atoms with Gasteiger partial charge >= 0.3 is 5.97 Å². The monoisotopic (exact) mass is 158 g/mol. The van der Waals surface area contributed by atoms with Crippen molar-refractivity contribution in [3.63, 3.8) is 0 Å². The van der Waals surface area contributed by atoms with E-state index in [1.807, 2.05) is 6.92 Å². The molecule has 0 aromatic rings. The van der Waals surface area contributed by atoms with E-state index >= 15 is 0 Å². The Morgan fingerprint density at radius 2 is 2.55 bits per heavy atom. The molecule has 0 saturated carbocycles. The van der Waals surface area contributed by atoms with Crippen molar-refractivity contribution in [1.82, 2.24) is 0 Å². The predicted molar refractivity (Wildman–Crippen MR) is 40.2 cm³/mol. The van der Waals surface area contributed by atoms with E-state index < -0.39 is 0 Å². The molecule has 0 radical (unpaired) electrons. The van der Waals surface area contributed by atoms with Gasteiger partial charge in [-0.2, -0.15) is 0 Å². The summed E-state index contributed by atoms with van der Waals surface area (Å²) >= 11 is 0. The molecule has 0 amide bonds. The first-order chi connectivity index (χ1) is 5.33. The van der Waals surface area contributed by atoms with E-state index in [9.17, 15) is 4.79 Å². The van der Waals surface area contributed by atoms with Crippen molar-refractivity contribution in [2.45, 2.75) is 32.3 Å². The van der Waals surface area contributed by atoms with Gasteiger partial charge in [-0.25, -0.2) is 0 Å². The number of ether oxygens (including phenoxy) is 2. The zero-order valence-electron chi connectivity index (χ0n) is 6.84. The summed E-state index contributed by atoms with van der Waals surface area (Å²) in [7, 11) is 0. The van der Waals surface area contributed by atoms with Crippen LogP contribution in [0.4, 0.5) is 0 Å². The Kier molecular flexibility index (Phi) is 3.36. The third kappa shape index (κ3) is 2.89. The van der Waals surface area contributed by atoms with Gasteiger partial charge in [0.05, 0.1) is 13.2 Å². The molecule has 1 atom stereocenters. The summed E-state index contributed by atoms with van der Waals surface area (Å²) in [6.07, 6.45) is 2.26. The van der Waals surface area contributed by atoms with E-state index in [-0.39, 0.29) is 12.1 Å². The fourth-order valence-corrected chi connectivity index (χ4v) is 1.05. The van der Waals surface area contributed by atoms with E-state index in [1.165, 1.54) is 0 Å². The van der Waals surface area contributed by atoms with Crippen LogP contribution >= 0.6 is 0 Å². The normalized spacial score (nSPS) is 23.5. The van der Waals surface area contributed by atoms with Crippen LogP contribution in [-0.4, -0.2) is 25.3 Å². The summed E-state index contributed by atoms with van der Waals surface area (Å²) in [6.45, 7) is 3.27. The molecule has 3 heteroatoms. The van der Waals surface area contributed by atoms with E-state index in [0.717, 1.165) is 19.4 Å². The summed E-state index contributed by atoms with van der Waals surface area (Å²) in [4.78, 5) is 10.9. The summed E-state index contributed by atoms with van der Waals surface area (Å²) in [5.74, 6) is -0.0944. The largest absolute Gasteiger partial charge is 0.460 e. The second kappa shape index (κ2) is 4.34. The predicted octanol–water partition coefficient (Wildman–Crippen LogP) is 1.12. The maximum absolute atomic E-state index is 10.9. The Balaban J connectivity index is 2.13. The van der Waals surface area contributed by atoms with Crippen LogP contribution < -0.4 is 0 Å². The van der Waals surface area contributed by atoms with Crippen LogP contribution in [0.2, 0.25) is 0 Å². The SMILES string of the molecule is CCCC(=O)OC1CCOC1. The van der Waals surface area contributed by atoms with E-state index in [0.29, 0.717) is 13.0 Å². The molecule has 3 nitrogen and oxygen atoms in total. The summed E-state index contributed by atoms with van der Waals surface area (Å²) in [6, 6.07) is 0. The second-order valence-electron chi connectivity index (χ2n) is 2.73. The molecule has 1 rings (SSSR count). The molecule has 0 aromatic carbocycles. The van der Waals surface area contributed by atoms with Crippen molar-refractivity contribution in [2.75, 3.05) is 13.2 Å². The number of hydrogen-bond acceptors (Lipinski definition) is 3. The van der Waals surface area contributed by atoms with Crippen molar-refractivity contribution in [3.05, 3.63) is 0 Å². The highest BCUT2D eigenvalue weighted by Gasteiger charge is 2.18. The molecular weight excluding hydrogens is 144 g/mol. The first-order valence-corrected chi connectivity index (χ1v) is 4.10. The lowest BCUT2D eigenvalue weighted by atomic mass is 10.3. The summed E-state index contributed by atoms with van der Waals surface area (Å²) < 4.78 is 10.1. The molecule has 11 heavy (non-hydrogen) atoms. The lowest BCUT2D eigenvalue weighted by molar-refractivity contribution is -0.149. The molecule has 0 N–H and O–H groups in total. The minimum atomic E-state index is -0.0944. The summed E-state index contributed by atoms with van der Waals surface area (Å²) in [5, 5.41) is 0. The van der Waals surface area contributed by atoms with Crippen molar-refractivity contribution < 1.29 is 14.3 Å². The molecule has 0 aliphatic carbocycles. The molecule has 0 spiro atoms. The molecule has 1 fully saturated rings. The fourth-order valence-electron chi connectivity index (χ4n) is 1.05. The Labute approximate surface area is 66.7 Å². The number of rotatable bonds is 3. The number of hydrogen-bond donors (Lipinski definition) is 0. The molecule has 0 bridgehead atoms. The quantitative estimate of drug-likeness (QED) is 0.577. The van der Waals surface area contributed by atoms with E-state index in [4.69, 9.17) is 9.47 Å².